The van der Waals surface area contributed by atoms with Crippen LogP contribution >= 0.6 is 0 Å². The normalized spacial score (nSPS) is 9.83. The minimum absolute atomic E-state index is 0.677. The zero-order valence-electron chi connectivity index (χ0n) is 7.51. The Morgan fingerprint density at radius 1 is 1.42 bits per heavy atom. The number of nitrogens with one attached hydrogen (secondary N) is 1. The summed E-state index contributed by atoms with van der Waals surface area (Å²) in [6, 6.07) is 8.43. The molecule has 0 spiro atoms. The van der Waals surface area contributed by atoms with Gasteiger partial charge in [-0.25, -0.2) is 0 Å². The van der Waals surface area contributed by atoms with E-state index in [2.05, 4.69) is 36.5 Å². The molecule has 0 unspecified atom stereocenters. The molecule has 2 heteroatoms. The Hall–Kier alpha value is -1.02. The van der Waals surface area contributed by atoms with Gasteiger partial charge in [-0.1, -0.05) is 19.1 Å². The molecule has 0 aliphatic rings. The molecule has 2 nitrogen and oxygen atoms in total. The molecule has 1 rings (SSSR count). The van der Waals surface area contributed by atoms with Crippen molar-refractivity contribution < 1.29 is 0 Å². The minimum atomic E-state index is 0.677. The highest BCUT2D eigenvalue weighted by Gasteiger charge is 1.91. The zero-order valence-corrected chi connectivity index (χ0v) is 7.51. The fourth-order valence-corrected chi connectivity index (χ4v) is 1.12. The van der Waals surface area contributed by atoms with Crippen LogP contribution in [-0.4, -0.2) is 13.1 Å². The van der Waals surface area contributed by atoms with E-state index < -0.39 is 0 Å². The molecule has 0 heterocycles. The van der Waals surface area contributed by atoms with E-state index in [0.717, 1.165) is 13.0 Å². The maximum absolute atomic E-state index is 5.38. The molecule has 0 bridgehead atoms. The second-order valence-corrected chi connectivity index (χ2v) is 2.77. The van der Waals surface area contributed by atoms with Crippen molar-refractivity contribution in [2.75, 3.05) is 18.4 Å². The van der Waals surface area contributed by atoms with Crippen LogP contribution in [-0.2, 0) is 6.42 Å². The first-order chi connectivity index (χ1) is 5.86. The van der Waals surface area contributed by atoms with Crippen molar-refractivity contribution in [1.82, 2.24) is 0 Å². The molecule has 3 N–H and O–H groups in total. The predicted molar refractivity (Wildman–Crippen MR) is 53.4 cm³/mol. The van der Waals surface area contributed by atoms with Crippen molar-refractivity contribution in [2.45, 2.75) is 13.3 Å². The van der Waals surface area contributed by atoms with Crippen LogP contribution in [0, 0.1) is 0 Å². The first-order valence-electron chi connectivity index (χ1n) is 4.39. The van der Waals surface area contributed by atoms with E-state index in [4.69, 9.17) is 5.73 Å². The topological polar surface area (TPSA) is 38.0 Å². The van der Waals surface area contributed by atoms with E-state index in [9.17, 15) is 0 Å². The van der Waals surface area contributed by atoms with Crippen molar-refractivity contribution in [1.29, 1.82) is 0 Å². The Labute approximate surface area is 73.8 Å². The van der Waals surface area contributed by atoms with Crippen molar-refractivity contribution in [3.05, 3.63) is 29.8 Å². The monoisotopic (exact) mass is 164 g/mol. The average Bonchev–Trinajstić information content (AvgIpc) is 2.15. The van der Waals surface area contributed by atoms with E-state index >= 15 is 0 Å². The standard InChI is InChI=1S/C10H16N2/c1-2-9-4-3-5-10(8-9)12-7-6-11/h3-5,8,12H,2,6-7,11H2,1H3. The van der Waals surface area contributed by atoms with Gasteiger partial charge < -0.3 is 11.1 Å². The second kappa shape index (κ2) is 4.78. The predicted octanol–water partition coefficient (Wildman–Crippen LogP) is 1.62. The molecular formula is C10H16N2. The fraction of sp³-hybridized carbons (Fsp3) is 0.400. The van der Waals surface area contributed by atoms with Crippen molar-refractivity contribution in [2.24, 2.45) is 5.73 Å². The van der Waals surface area contributed by atoms with E-state index in [-0.39, 0.29) is 0 Å². The van der Waals surface area contributed by atoms with Crippen LogP contribution in [0.5, 0.6) is 0 Å². The Kier molecular flexibility index (Phi) is 3.61. The van der Waals surface area contributed by atoms with Gasteiger partial charge in [-0.15, -0.1) is 0 Å². The Morgan fingerprint density at radius 3 is 2.92 bits per heavy atom. The highest BCUT2D eigenvalue weighted by Crippen LogP contribution is 2.10. The van der Waals surface area contributed by atoms with Crippen LogP contribution in [0.15, 0.2) is 24.3 Å². The molecule has 12 heavy (non-hydrogen) atoms. The summed E-state index contributed by atoms with van der Waals surface area (Å²) in [5, 5.41) is 3.24. The molecule has 0 amide bonds. The fourth-order valence-electron chi connectivity index (χ4n) is 1.12. The molecule has 0 aliphatic heterocycles. The lowest BCUT2D eigenvalue weighted by molar-refractivity contribution is 1.02. The maximum Gasteiger partial charge on any atom is 0.0343 e. The number of aryl methyl sites for hydroxylation is 1. The number of hydrogen-bond donors (Lipinski definition) is 2. The third-order valence-corrected chi connectivity index (χ3v) is 1.81. The van der Waals surface area contributed by atoms with Gasteiger partial charge in [0.1, 0.15) is 0 Å². The molecule has 1 aromatic carbocycles. The van der Waals surface area contributed by atoms with Gasteiger partial charge in [-0.3, -0.25) is 0 Å². The lowest BCUT2D eigenvalue weighted by Crippen LogP contribution is -2.12. The summed E-state index contributed by atoms with van der Waals surface area (Å²) in [4.78, 5) is 0. The van der Waals surface area contributed by atoms with Crippen LogP contribution in [0.4, 0.5) is 5.69 Å². The van der Waals surface area contributed by atoms with E-state index in [1.165, 1.54) is 11.3 Å². The number of benzene rings is 1. The third-order valence-electron chi connectivity index (χ3n) is 1.81. The molecular weight excluding hydrogens is 148 g/mol. The van der Waals surface area contributed by atoms with E-state index in [1.54, 1.807) is 0 Å². The zero-order chi connectivity index (χ0) is 8.81. The summed E-state index contributed by atoms with van der Waals surface area (Å²) in [6.45, 7) is 3.67. The van der Waals surface area contributed by atoms with Crippen LogP contribution < -0.4 is 11.1 Å². The summed E-state index contributed by atoms with van der Waals surface area (Å²) >= 11 is 0. The van der Waals surface area contributed by atoms with E-state index in [1.807, 2.05) is 0 Å². The molecule has 1 aromatic rings. The Morgan fingerprint density at radius 2 is 2.25 bits per heavy atom. The lowest BCUT2D eigenvalue weighted by atomic mass is 10.1. The van der Waals surface area contributed by atoms with Crippen LogP contribution in [0.3, 0.4) is 0 Å². The highest BCUT2D eigenvalue weighted by molar-refractivity contribution is 5.45. The summed E-state index contributed by atoms with van der Waals surface area (Å²) in [5.74, 6) is 0. The van der Waals surface area contributed by atoms with Gasteiger partial charge in [0, 0.05) is 18.8 Å². The largest absolute Gasteiger partial charge is 0.384 e. The molecule has 0 aromatic heterocycles. The first kappa shape index (κ1) is 9.07. The molecule has 66 valence electrons. The van der Waals surface area contributed by atoms with E-state index in [0.29, 0.717) is 6.54 Å². The number of rotatable bonds is 4. The highest BCUT2D eigenvalue weighted by atomic mass is 14.9. The number of hydrogen-bond acceptors (Lipinski definition) is 2. The Balaban J connectivity index is 2.60. The number of nitrogens with two attached hydrogens (primary N) is 1. The maximum atomic E-state index is 5.38. The average molecular weight is 164 g/mol. The van der Waals surface area contributed by atoms with Gasteiger partial charge in [-0.2, -0.15) is 0 Å². The SMILES string of the molecule is CCc1cccc(NCCN)c1. The molecule has 0 atom stereocenters. The summed E-state index contributed by atoms with van der Waals surface area (Å²) in [7, 11) is 0. The van der Waals surface area contributed by atoms with Gasteiger partial charge in [0.2, 0.25) is 0 Å². The number of anilines is 1. The molecule has 0 radical (unpaired) electrons. The quantitative estimate of drug-likeness (QED) is 0.709. The van der Waals surface area contributed by atoms with Gasteiger partial charge in [0.25, 0.3) is 0 Å². The van der Waals surface area contributed by atoms with Gasteiger partial charge >= 0.3 is 0 Å². The lowest BCUT2D eigenvalue weighted by Gasteiger charge is -2.05. The third kappa shape index (κ3) is 2.55. The first-order valence-corrected chi connectivity index (χ1v) is 4.39. The summed E-state index contributed by atoms with van der Waals surface area (Å²) in [5.41, 5.74) is 7.91. The molecule has 0 saturated carbocycles. The Bertz CT molecular complexity index is 233. The van der Waals surface area contributed by atoms with Gasteiger partial charge in [0.15, 0.2) is 0 Å². The molecule has 0 fully saturated rings. The van der Waals surface area contributed by atoms with Crippen molar-refractivity contribution in [3.8, 4) is 0 Å². The summed E-state index contributed by atoms with van der Waals surface area (Å²) in [6.07, 6.45) is 1.08. The van der Waals surface area contributed by atoms with Gasteiger partial charge in [-0.05, 0) is 24.1 Å². The molecule has 0 aliphatic carbocycles. The van der Waals surface area contributed by atoms with Crippen LogP contribution in [0.1, 0.15) is 12.5 Å². The summed E-state index contributed by atoms with van der Waals surface area (Å²) < 4.78 is 0. The van der Waals surface area contributed by atoms with Crippen LogP contribution in [0.25, 0.3) is 0 Å². The second-order valence-electron chi connectivity index (χ2n) is 2.77. The van der Waals surface area contributed by atoms with Crippen LogP contribution in [0.2, 0.25) is 0 Å². The van der Waals surface area contributed by atoms with Crippen molar-refractivity contribution >= 4 is 5.69 Å². The molecule has 0 saturated heterocycles. The van der Waals surface area contributed by atoms with Crippen molar-refractivity contribution in [3.63, 3.8) is 0 Å². The minimum Gasteiger partial charge on any atom is -0.384 e. The van der Waals surface area contributed by atoms with Gasteiger partial charge in [0.05, 0.1) is 0 Å². The smallest absolute Gasteiger partial charge is 0.0343 e.